The highest BCUT2D eigenvalue weighted by Crippen LogP contribution is 2.27. The van der Waals surface area contributed by atoms with E-state index in [0.29, 0.717) is 6.04 Å². The maximum atomic E-state index is 3.52. The molecule has 1 heterocycles. The number of thiophene rings is 1. The lowest BCUT2D eigenvalue weighted by Gasteiger charge is -2.18. The van der Waals surface area contributed by atoms with Crippen LogP contribution in [0.2, 0.25) is 0 Å². The summed E-state index contributed by atoms with van der Waals surface area (Å²) in [5.74, 6) is 0. The fourth-order valence-corrected chi connectivity index (χ4v) is 3.58. The SMILES string of the molecule is CNC(Cc1ccc(Br)s1)c1ccc(N(C)C)cc1. The molecule has 1 N–H and O–H groups in total. The Kier molecular flexibility index (Phi) is 5.02. The van der Waals surface area contributed by atoms with Gasteiger partial charge in [-0.2, -0.15) is 0 Å². The molecule has 2 rings (SSSR count). The van der Waals surface area contributed by atoms with E-state index in [2.05, 4.69) is 76.6 Å². The van der Waals surface area contributed by atoms with Crippen molar-refractivity contribution in [3.63, 3.8) is 0 Å². The van der Waals surface area contributed by atoms with Crippen molar-refractivity contribution >= 4 is 33.0 Å². The fourth-order valence-electron chi connectivity index (χ4n) is 2.05. The Hall–Kier alpha value is -0.840. The summed E-state index contributed by atoms with van der Waals surface area (Å²) in [6.45, 7) is 0. The van der Waals surface area contributed by atoms with E-state index in [9.17, 15) is 0 Å². The first-order valence-corrected chi connectivity index (χ1v) is 7.90. The molecule has 4 heteroatoms. The van der Waals surface area contributed by atoms with Crippen molar-refractivity contribution in [1.82, 2.24) is 5.32 Å². The van der Waals surface area contributed by atoms with E-state index in [0.717, 1.165) is 6.42 Å². The molecule has 0 aliphatic carbocycles. The van der Waals surface area contributed by atoms with Gasteiger partial charge in [-0.25, -0.2) is 0 Å². The van der Waals surface area contributed by atoms with E-state index < -0.39 is 0 Å². The molecule has 2 aromatic rings. The van der Waals surface area contributed by atoms with Crippen molar-refractivity contribution in [1.29, 1.82) is 0 Å². The first kappa shape index (κ1) is 14.6. The molecular formula is C15H19BrN2S. The van der Waals surface area contributed by atoms with E-state index in [1.54, 1.807) is 11.3 Å². The lowest BCUT2D eigenvalue weighted by atomic mass is 10.0. The second kappa shape index (κ2) is 6.55. The predicted molar refractivity (Wildman–Crippen MR) is 88.3 cm³/mol. The topological polar surface area (TPSA) is 15.3 Å². The molecule has 0 saturated heterocycles. The number of halogens is 1. The van der Waals surface area contributed by atoms with Crippen LogP contribution in [-0.4, -0.2) is 21.1 Å². The van der Waals surface area contributed by atoms with Crippen LogP contribution >= 0.6 is 27.3 Å². The van der Waals surface area contributed by atoms with Crippen LogP contribution in [0, 0.1) is 0 Å². The van der Waals surface area contributed by atoms with E-state index in [1.807, 2.05) is 7.05 Å². The van der Waals surface area contributed by atoms with Gasteiger partial charge < -0.3 is 10.2 Å². The monoisotopic (exact) mass is 338 g/mol. The summed E-state index contributed by atoms with van der Waals surface area (Å²) in [6.07, 6.45) is 1.02. The van der Waals surface area contributed by atoms with Crippen molar-refractivity contribution in [3.05, 3.63) is 50.6 Å². The number of nitrogens with one attached hydrogen (secondary N) is 1. The van der Waals surface area contributed by atoms with Crippen molar-refractivity contribution in [2.45, 2.75) is 12.5 Å². The summed E-state index contributed by atoms with van der Waals surface area (Å²) in [7, 11) is 6.15. The van der Waals surface area contributed by atoms with Crippen LogP contribution in [0.4, 0.5) is 5.69 Å². The van der Waals surface area contributed by atoms with Gasteiger partial charge in [0.25, 0.3) is 0 Å². The number of hydrogen-bond acceptors (Lipinski definition) is 3. The number of hydrogen-bond donors (Lipinski definition) is 1. The van der Waals surface area contributed by atoms with Gasteiger partial charge in [-0.05, 0) is 52.8 Å². The van der Waals surface area contributed by atoms with Crippen molar-refractivity contribution in [3.8, 4) is 0 Å². The maximum Gasteiger partial charge on any atom is 0.0701 e. The van der Waals surface area contributed by atoms with Crippen LogP contribution in [-0.2, 0) is 6.42 Å². The summed E-state index contributed by atoms with van der Waals surface area (Å²) >= 11 is 5.32. The minimum atomic E-state index is 0.363. The van der Waals surface area contributed by atoms with Crippen LogP contribution in [0.25, 0.3) is 0 Å². The van der Waals surface area contributed by atoms with Gasteiger partial charge in [-0.1, -0.05) is 12.1 Å². The van der Waals surface area contributed by atoms with Gasteiger partial charge >= 0.3 is 0 Å². The second-order valence-electron chi connectivity index (χ2n) is 4.74. The molecule has 0 aliphatic rings. The van der Waals surface area contributed by atoms with Crippen LogP contribution in [0.5, 0.6) is 0 Å². The van der Waals surface area contributed by atoms with Gasteiger partial charge in [0.05, 0.1) is 3.79 Å². The molecule has 0 bridgehead atoms. The van der Waals surface area contributed by atoms with Gasteiger partial charge in [-0.3, -0.25) is 0 Å². The summed E-state index contributed by atoms with van der Waals surface area (Å²) in [5.41, 5.74) is 2.56. The molecule has 1 aromatic carbocycles. The molecule has 102 valence electrons. The Morgan fingerprint density at radius 3 is 2.32 bits per heavy atom. The zero-order chi connectivity index (χ0) is 13.8. The molecule has 1 aromatic heterocycles. The standard InChI is InChI=1S/C15H19BrN2S/c1-17-14(10-13-8-9-15(16)19-13)11-4-6-12(7-5-11)18(2)3/h4-9,14,17H,10H2,1-3H3. The Bertz CT molecular complexity index is 519. The zero-order valence-electron chi connectivity index (χ0n) is 11.5. The van der Waals surface area contributed by atoms with Gasteiger partial charge in [0.1, 0.15) is 0 Å². The number of anilines is 1. The minimum Gasteiger partial charge on any atom is -0.378 e. The Morgan fingerprint density at radius 2 is 1.84 bits per heavy atom. The Morgan fingerprint density at radius 1 is 1.16 bits per heavy atom. The molecule has 19 heavy (non-hydrogen) atoms. The number of rotatable bonds is 5. The molecular weight excluding hydrogens is 320 g/mol. The molecule has 0 saturated carbocycles. The second-order valence-corrected chi connectivity index (χ2v) is 7.28. The molecule has 1 unspecified atom stereocenters. The molecule has 0 amide bonds. The zero-order valence-corrected chi connectivity index (χ0v) is 13.9. The molecule has 0 radical (unpaired) electrons. The molecule has 1 atom stereocenters. The highest BCUT2D eigenvalue weighted by Gasteiger charge is 2.11. The average Bonchev–Trinajstić information content (AvgIpc) is 2.81. The molecule has 0 aliphatic heterocycles. The van der Waals surface area contributed by atoms with Gasteiger partial charge in [0.15, 0.2) is 0 Å². The van der Waals surface area contributed by atoms with Crippen LogP contribution in [0.3, 0.4) is 0 Å². The lowest BCUT2D eigenvalue weighted by Crippen LogP contribution is -2.18. The van der Waals surface area contributed by atoms with Crippen LogP contribution < -0.4 is 10.2 Å². The molecule has 0 fully saturated rings. The first-order valence-electron chi connectivity index (χ1n) is 6.29. The smallest absolute Gasteiger partial charge is 0.0701 e. The third-order valence-electron chi connectivity index (χ3n) is 3.19. The maximum absolute atomic E-state index is 3.52. The highest BCUT2D eigenvalue weighted by atomic mass is 79.9. The van der Waals surface area contributed by atoms with Crippen molar-refractivity contribution in [2.24, 2.45) is 0 Å². The number of nitrogens with zero attached hydrogens (tertiary/aromatic N) is 1. The third-order valence-corrected chi connectivity index (χ3v) is 4.84. The van der Waals surface area contributed by atoms with Gasteiger partial charge in [0.2, 0.25) is 0 Å². The number of benzene rings is 1. The van der Waals surface area contributed by atoms with E-state index in [4.69, 9.17) is 0 Å². The van der Waals surface area contributed by atoms with Crippen molar-refractivity contribution < 1.29 is 0 Å². The Labute approximate surface area is 127 Å². The fraction of sp³-hybridized carbons (Fsp3) is 0.333. The van der Waals surface area contributed by atoms with E-state index in [-0.39, 0.29) is 0 Å². The highest BCUT2D eigenvalue weighted by molar-refractivity contribution is 9.11. The van der Waals surface area contributed by atoms with E-state index >= 15 is 0 Å². The quantitative estimate of drug-likeness (QED) is 0.883. The van der Waals surface area contributed by atoms with Crippen LogP contribution in [0.15, 0.2) is 40.2 Å². The van der Waals surface area contributed by atoms with Gasteiger partial charge in [-0.15, -0.1) is 11.3 Å². The Balaban J connectivity index is 2.12. The third kappa shape index (κ3) is 3.81. The molecule has 2 nitrogen and oxygen atoms in total. The largest absolute Gasteiger partial charge is 0.378 e. The van der Waals surface area contributed by atoms with Crippen LogP contribution in [0.1, 0.15) is 16.5 Å². The lowest BCUT2D eigenvalue weighted by molar-refractivity contribution is 0.596. The summed E-state index contributed by atoms with van der Waals surface area (Å²) in [5, 5.41) is 3.40. The van der Waals surface area contributed by atoms with Crippen molar-refractivity contribution in [2.75, 3.05) is 26.0 Å². The molecule has 0 spiro atoms. The minimum absolute atomic E-state index is 0.363. The normalized spacial score (nSPS) is 12.4. The summed E-state index contributed by atoms with van der Waals surface area (Å²) < 4.78 is 1.19. The van der Waals surface area contributed by atoms with Gasteiger partial charge in [0, 0.05) is 37.1 Å². The van der Waals surface area contributed by atoms with E-state index in [1.165, 1.54) is 19.9 Å². The number of likely N-dealkylation sites (N-methyl/N-ethyl adjacent to an activating group) is 1. The predicted octanol–water partition coefficient (Wildman–Crippen LogP) is 4.08. The first-order chi connectivity index (χ1) is 9.10. The average molecular weight is 339 g/mol. The summed E-state index contributed by atoms with van der Waals surface area (Å²) in [6, 6.07) is 13.4. The summed E-state index contributed by atoms with van der Waals surface area (Å²) in [4.78, 5) is 3.51.